The average Bonchev–Trinajstić information content (AvgIpc) is 2.63. The van der Waals surface area contributed by atoms with Crippen molar-refractivity contribution < 1.29 is 14.3 Å². The molecule has 0 unspecified atom stereocenters. The van der Waals surface area contributed by atoms with Crippen LogP contribution in [0.25, 0.3) is 0 Å². The monoisotopic (exact) mass is 376 g/mol. The van der Waals surface area contributed by atoms with Crippen molar-refractivity contribution in [3.63, 3.8) is 0 Å². The van der Waals surface area contributed by atoms with Gasteiger partial charge in [0, 0.05) is 18.1 Å². The molecule has 0 bridgehead atoms. The summed E-state index contributed by atoms with van der Waals surface area (Å²) >= 11 is 5.88. The summed E-state index contributed by atoms with van der Waals surface area (Å²) < 4.78 is 10.5. The Kier molecular flexibility index (Phi) is 7.75. The molecule has 0 aliphatic carbocycles. The summed E-state index contributed by atoms with van der Waals surface area (Å²) in [5.41, 5.74) is 2.20. The lowest BCUT2D eigenvalue weighted by atomic mass is 10.1. The number of benzene rings is 2. The van der Waals surface area contributed by atoms with E-state index in [0.29, 0.717) is 36.2 Å². The normalized spacial score (nSPS) is 10.7. The van der Waals surface area contributed by atoms with Crippen LogP contribution in [0.2, 0.25) is 5.02 Å². The summed E-state index contributed by atoms with van der Waals surface area (Å²) in [6.45, 7) is 1.61. The third kappa shape index (κ3) is 6.24. The largest absolute Gasteiger partial charge is 0.493 e. The number of carbonyl (C=O) groups is 1. The third-order valence-electron chi connectivity index (χ3n) is 3.96. The zero-order valence-corrected chi connectivity index (χ0v) is 16.2. The minimum absolute atomic E-state index is 0.00180. The molecular weight excluding hydrogens is 352 g/mol. The van der Waals surface area contributed by atoms with Crippen molar-refractivity contribution in [3.05, 3.63) is 58.6 Å². The molecule has 0 radical (unpaired) electrons. The first kappa shape index (κ1) is 20.1. The maximum absolute atomic E-state index is 12.1. The summed E-state index contributed by atoms with van der Waals surface area (Å²) in [6, 6.07) is 13.4. The first-order chi connectivity index (χ1) is 12.5. The fraction of sp³-hybridized carbons (Fsp3) is 0.350. The van der Waals surface area contributed by atoms with Crippen molar-refractivity contribution in [1.29, 1.82) is 0 Å². The third-order valence-corrected chi connectivity index (χ3v) is 4.22. The highest BCUT2D eigenvalue weighted by Crippen LogP contribution is 2.27. The second-order valence-electron chi connectivity index (χ2n) is 6.09. The lowest BCUT2D eigenvalue weighted by Crippen LogP contribution is -2.35. The number of likely N-dealkylation sites (N-methyl/N-ethyl adjacent to an activating group) is 1. The van der Waals surface area contributed by atoms with Crippen molar-refractivity contribution in [2.45, 2.75) is 13.0 Å². The smallest absolute Gasteiger partial charge is 0.234 e. The standard InChI is InChI=1S/C20H25ClN2O3/c1-23(13-16-4-7-17(21)8-5-16)14-20(24)22-11-10-15-6-9-18(25-2)19(12-15)26-3/h4-9,12H,10-11,13-14H2,1-3H3,(H,22,24). The molecule has 0 fully saturated rings. The van der Waals surface area contributed by atoms with E-state index in [1.165, 1.54) is 0 Å². The summed E-state index contributed by atoms with van der Waals surface area (Å²) in [4.78, 5) is 14.1. The Morgan fingerprint density at radius 2 is 1.69 bits per heavy atom. The van der Waals surface area contributed by atoms with Gasteiger partial charge in [-0.05, 0) is 48.9 Å². The van der Waals surface area contributed by atoms with Gasteiger partial charge in [-0.1, -0.05) is 29.8 Å². The molecule has 0 heterocycles. The fourth-order valence-corrected chi connectivity index (χ4v) is 2.77. The van der Waals surface area contributed by atoms with E-state index >= 15 is 0 Å². The molecule has 0 saturated heterocycles. The minimum atomic E-state index is 0.00180. The van der Waals surface area contributed by atoms with E-state index < -0.39 is 0 Å². The van der Waals surface area contributed by atoms with Crippen LogP contribution in [0, 0.1) is 0 Å². The van der Waals surface area contributed by atoms with E-state index in [2.05, 4.69) is 5.32 Å². The van der Waals surface area contributed by atoms with E-state index in [1.54, 1.807) is 14.2 Å². The Balaban J connectivity index is 1.75. The van der Waals surface area contributed by atoms with Gasteiger partial charge >= 0.3 is 0 Å². The quantitative estimate of drug-likeness (QED) is 0.730. The van der Waals surface area contributed by atoms with Crippen molar-refractivity contribution >= 4 is 17.5 Å². The molecule has 2 aromatic rings. The zero-order chi connectivity index (χ0) is 18.9. The highest BCUT2D eigenvalue weighted by Gasteiger charge is 2.08. The molecule has 0 saturated carbocycles. The Bertz CT molecular complexity index is 719. The van der Waals surface area contributed by atoms with E-state index in [9.17, 15) is 4.79 Å². The van der Waals surface area contributed by atoms with Gasteiger partial charge in [0.15, 0.2) is 11.5 Å². The van der Waals surface area contributed by atoms with Crippen molar-refractivity contribution in [2.24, 2.45) is 0 Å². The molecule has 2 aromatic carbocycles. The molecule has 1 amide bonds. The van der Waals surface area contributed by atoms with Gasteiger partial charge in [-0.3, -0.25) is 9.69 Å². The summed E-state index contributed by atoms with van der Waals surface area (Å²) in [7, 11) is 5.14. The Hall–Kier alpha value is -2.24. The van der Waals surface area contributed by atoms with Crippen LogP contribution in [0.5, 0.6) is 11.5 Å². The minimum Gasteiger partial charge on any atom is -0.493 e. The molecule has 140 valence electrons. The molecular formula is C20H25ClN2O3. The van der Waals surface area contributed by atoms with Gasteiger partial charge in [0.1, 0.15) is 0 Å². The van der Waals surface area contributed by atoms with E-state index in [4.69, 9.17) is 21.1 Å². The number of methoxy groups -OCH3 is 2. The average molecular weight is 377 g/mol. The number of halogens is 1. The van der Waals surface area contributed by atoms with Crippen LogP contribution in [0.3, 0.4) is 0 Å². The highest BCUT2D eigenvalue weighted by atomic mass is 35.5. The van der Waals surface area contributed by atoms with Crippen LogP contribution in [-0.4, -0.2) is 45.2 Å². The number of amides is 1. The predicted octanol–water partition coefficient (Wildman–Crippen LogP) is 3.15. The number of hydrogen-bond donors (Lipinski definition) is 1. The van der Waals surface area contributed by atoms with Crippen LogP contribution >= 0.6 is 11.6 Å². The fourth-order valence-electron chi connectivity index (χ4n) is 2.64. The van der Waals surface area contributed by atoms with Crippen molar-refractivity contribution in [2.75, 3.05) is 34.4 Å². The van der Waals surface area contributed by atoms with E-state index in [-0.39, 0.29) is 5.91 Å². The second kappa shape index (κ2) is 10.0. The molecule has 0 aliphatic rings. The molecule has 0 aromatic heterocycles. The number of ether oxygens (including phenoxy) is 2. The first-order valence-electron chi connectivity index (χ1n) is 8.42. The number of nitrogens with zero attached hydrogens (tertiary/aromatic N) is 1. The lowest BCUT2D eigenvalue weighted by Gasteiger charge is -2.16. The summed E-state index contributed by atoms with van der Waals surface area (Å²) in [5, 5.41) is 3.66. The van der Waals surface area contributed by atoms with Crippen LogP contribution in [0.15, 0.2) is 42.5 Å². The zero-order valence-electron chi connectivity index (χ0n) is 15.4. The molecule has 6 heteroatoms. The highest BCUT2D eigenvalue weighted by molar-refractivity contribution is 6.30. The topological polar surface area (TPSA) is 50.8 Å². The Labute approximate surface area is 159 Å². The summed E-state index contributed by atoms with van der Waals surface area (Å²) in [6.07, 6.45) is 0.729. The first-order valence-corrected chi connectivity index (χ1v) is 8.80. The van der Waals surface area contributed by atoms with Gasteiger partial charge in [0.25, 0.3) is 0 Å². The Morgan fingerprint density at radius 3 is 2.35 bits per heavy atom. The Morgan fingerprint density at radius 1 is 1.04 bits per heavy atom. The molecule has 26 heavy (non-hydrogen) atoms. The van der Waals surface area contributed by atoms with Gasteiger partial charge in [-0.15, -0.1) is 0 Å². The van der Waals surface area contributed by atoms with E-state index in [1.807, 2.05) is 54.4 Å². The predicted molar refractivity (Wildman–Crippen MR) is 104 cm³/mol. The van der Waals surface area contributed by atoms with Crippen LogP contribution in [0.1, 0.15) is 11.1 Å². The van der Waals surface area contributed by atoms with E-state index in [0.717, 1.165) is 17.5 Å². The number of hydrogen-bond acceptors (Lipinski definition) is 4. The van der Waals surface area contributed by atoms with Gasteiger partial charge in [-0.25, -0.2) is 0 Å². The maximum atomic E-state index is 12.1. The number of carbonyl (C=O) groups excluding carboxylic acids is 1. The molecule has 5 nitrogen and oxygen atoms in total. The number of nitrogens with one attached hydrogen (secondary N) is 1. The summed E-state index contributed by atoms with van der Waals surface area (Å²) in [5.74, 6) is 1.39. The lowest BCUT2D eigenvalue weighted by molar-refractivity contribution is -0.122. The second-order valence-corrected chi connectivity index (χ2v) is 6.52. The van der Waals surface area contributed by atoms with Crippen LogP contribution in [-0.2, 0) is 17.8 Å². The van der Waals surface area contributed by atoms with Gasteiger partial charge in [0.2, 0.25) is 5.91 Å². The van der Waals surface area contributed by atoms with Crippen LogP contribution in [0.4, 0.5) is 0 Å². The van der Waals surface area contributed by atoms with Crippen molar-refractivity contribution in [3.8, 4) is 11.5 Å². The van der Waals surface area contributed by atoms with Gasteiger partial charge in [0.05, 0.1) is 20.8 Å². The molecule has 0 atom stereocenters. The van der Waals surface area contributed by atoms with Crippen molar-refractivity contribution in [1.82, 2.24) is 10.2 Å². The molecule has 0 spiro atoms. The van der Waals surface area contributed by atoms with Gasteiger partial charge in [-0.2, -0.15) is 0 Å². The molecule has 0 aliphatic heterocycles. The number of rotatable bonds is 9. The molecule has 2 rings (SSSR count). The maximum Gasteiger partial charge on any atom is 0.234 e. The van der Waals surface area contributed by atoms with Gasteiger partial charge < -0.3 is 14.8 Å². The molecule has 1 N–H and O–H groups in total. The SMILES string of the molecule is COc1ccc(CCNC(=O)CN(C)Cc2ccc(Cl)cc2)cc1OC. The van der Waals surface area contributed by atoms with Crippen LogP contribution < -0.4 is 14.8 Å².